The third-order valence-electron chi connectivity index (χ3n) is 2.91. The van der Waals surface area contributed by atoms with Gasteiger partial charge in [-0.1, -0.05) is 13.0 Å². The molecule has 0 aliphatic heterocycles. The fourth-order valence-electron chi connectivity index (χ4n) is 1.93. The number of hydrogen-bond acceptors (Lipinski definition) is 1. The zero-order chi connectivity index (χ0) is 12.1. The molecule has 1 atom stereocenters. The summed E-state index contributed by atoms with van der Waals surface area (Å²) in [4.78, 5) is 0. The topological polar surface area (TPSA) is 9.23 Å². The van der Waals surface area contributed by atoms with Crippen molar-refractivity contribution in [2.75, 3.05) is 6.61 Å². The Labute approximate surface area is 99.1 Å². The number of allylic oxidation sites excluding steroid dienone is 1. The Kier molecular flexibility index (Phi) is 4.60. The van der Waals surface area contributed by atoms with E-state index in [4.69, 9.17) is 4.74 Å². The summed E-state index contributed by atoms with van der Waals surface area (Å²) in [6, 6.07) is 4.25. The van der Waals surface area contributed by atoms with Crippen LogP contribution in [0.3, 0.4) is 0 Å². The first-order valence-electron chi connectivity index (χ1n) is 5.94. The van der Waals surface area contributed by atoms with Gasteiger partial charge in [0.15, 0.2) is 0 Å². The van der Waals surface area contributed by atoms with Crippen molar-refractivity contribution in [3.05, 3.63) is 41.5 Å². The van der Waals surface area contributed by atoms with Crippen LogP contribution in [0.1, 0.15) is 30.5 Å². The molecule has 0 radical (unpaired) electrons. The van der Waals surface area contributed by atoms with Gasteiger partial charge >= 0.3 is 0 Å². The van der Waals surface area contributed by atoms with Crippen LogP contribution in [-0.2, 0) is 6.42 Å². The lowest BCUT2D eigenvalue weighted by Crippen LogP contribution is -2.02. The fraction of sp³-hybridized carbons (Fsp3) is 0.467. The van der Waals surface area contributed by atoms with E-state index in [-0.39, 0.29) is 0 Å². The Morgan fingerprint density at radius 3 is 2.31 bits per heavy atom. The van der Waals surface area contributed by atoms with Gasteiger partial charge in [-0.2, -0.15) is 0 Å². The highest BCUT2D eigenvalue weighted by atomic mass is 16.5. The van der Waals surface area contributed by atoms with Gasteiger partial charge in [-0.15, -0.1) is 6.58 Å². The first-order valence-corrected chi connectivity index (χ1v) is 5.94. The fourth-order valence-corrected chi connectivity index (χ4v) is 1.93. The van der Waals surface area contributed by atoms with Gasteiger partial charge < -0.3 is 4.74 Å². The summed E-state index contributed by atoms with van der Waals surface area (Å²) in [6.45, 7) is 13.1. The predicted molar refractivity (Wildman–Crippen MR) is 70.2 cm³/mol. The molecule has 1 nitrogen and oxygen atoms in total. The minimum atomic E-state index is 0.523. The van der Waals surface area contributed by atoms with E-state index in [2.05, 4.69) is 39.5 Å². The Morgan fingerprint density at radius 1 is 1.31 bits per heavy atom. The van der Waals surface area contributed by atoms with E-state index >= 15 is 0 Å². The highest BCUT2D eigenvalue weighted by Crippen LogP contribution is 2.24. The molecule has 1 rings (SSSR count). The average molecular weight is 218 g/mol. The van der Waals surface area contributed by atoms with Crippen molar-refractivity contribution in [3.8, 4) is 5.75 Å². The van der Waals surface area contributed by atoms with Crippen molar-refractivity contribution < 1.29 is 4.74 Å². The van der Waals surface area contributed by atoms with E-state index in [0.717, 1.165) is 18.8 Å². The summed E-state index contributed by atoms with van der Waals surface area (Å²) in [5.41, 5.74) is 4.06. The van der Waals surface area contributed by atoms with Crippen molar-refractivity contribution >= 4 is 0 Å². The van der Waals surface area contributed by atoms with Gasteiger partial charge in [0, 0.05) is 0 Å². The molecule has 0 aliphatic carbocycles. The summed E-state index contributed by atoms with van der Waals surface area (Å²) < 4.78 is 5.53. The molecule has 0 spiro atoms. The lowest BCUT2D eigenvalue weighted by atomic mass is 9.93. The van der Waals surface area contributed by atoms with E-state index in [1.807, 2.05) is 13.0 Å². The molecule has 0 fully saturated rings. The molecule has 16 heavy (non-hydrogen) atoms. The molecule has 0 aromatic heterocycles. The van der Waals surface area contributed by atoms with E-state index in [1.54, 1.807) is 0 Å². The van der Waals surface area contributed by atoms with Crippen LogP contribution in [0.2, 0.25) is 0 Å². The van der Waals surface area contributed by atoms with Crippen molar-refractivity contribution in [3.63, 3.8) is 0 Å². The van der Waals surface area contributed by atoms with Gasteiger partial charge in [-0.3, -0.25) is 0 Å². The average Bonchev–Trinajstić information content (AvgIpc) is 2.23. The van der Waals surface area contributed by atoms with E-state index in [0.29, 0.717) is 5.92 Å². The van der Waals surface area contributed by atoms with Crippen LogP contribution in [0, 0.1) is 19.8 Å². The number of aryl methyl sites for hydroxylation is 2. The van der Waals surface area contributed by atoms with Crippen LogP contribution in [-0.4, -0.2) is 6.61 Å². The van der Waals surface area contributed by atoms with Gasteiger partial charge in [0.25, 0.3) is 0 Å². The van der Waals surface area contributed by atoms with Crippen LogP contribution >= 0.6 is 0 Å². The van der Waals surface area contributed by atoms with Gasteiger partial charge in [0.1, 0.15) is 5.75 Å². The molecular weight excluding hydrogens is 196 g/mol. The summed E-state index contributed by atoms with van der Waals surface area (Å²) >= 11 is 0. The number of benzene rings is 1. The monoisotopic (exact) mass is 218 g/mol. The number of ether oxygens (including phenoxy) is 1. The minimum absolute atomic E-state index is 0.523. The lowest BCUT2D eigenvalue weighted by molar-refractivity contribution is 0.339. The Balaban J connectivity index is 2.97. The van der Waals surface area contributed by atoms with Gasteiger partial charge in [-0.25, -0.2) is 0 Å². The smallest absolute Gasteiger partial charge is 0.119 e. The first kappa shape index (κ1) is 12.8. The van der Waals surface area contributed by atoms with Crippen LogP contribution < -0.4 is 4.74 Å². The third-order valence-corrected chi connectivity index (χ3v) is 2.91. The lowest BCUT2D eigenvalue weighted by Gasteiger charge is -2.15. The SMILES string of the molecule is C=CC(C)Cc1c(C)cc(OCC)cc1C. The maximum atomic E-state index is 5.53. The molecule has 1 aromatic carbocycles. The Morgan fingerprint density at radius 2 is 1.88 bits per heavy atom. The zero-order valence-electron chi connectivity index (χ0n) is 10.8. The highest BCUT2D eigenvalue weighted by molar-refractivity contribution is 5.41. The molecule has 0 bridgehead atoms. The summed E-state index contributed by atoms with van der Waals surface area (Å²) in [5.74, 6) is 1.50. The molecule has 0 amide bonds. The van der Waals surface area contributed by atoms with Crippen molar-refractivity contribution in [1.82, 2.24) is 0 Å². The van der Waals surface area contributed by atoms with Crippen molar-refractivity contribution in [2.45, 2.75) is 34.1 Å². The second-order valence-electron chi connectivity index (χ2n) is 4.39. The van der Waals surface area contributed by atoms with Crippen LogP contribution in [0.25, 0.3) is 0 Å². The largest absolute Gasteiger partial charge is 0.494 e. The maximum absolute atomic E-state index is 5.53. The first-order chi connectivity index (χ1) is 7.58. The second kappa shape index (κ2) is 5.74. The van der Waals surface area contributed by atoms with Crippen LogP contribution in [0.4, 0.5) is 0 Å². The summed E-state index contributed by atoms with van der Waals surface area (Å²) in [6.07, 6.45) is 3.07. The molecule has 0 saturated heterocycles. The summed E-state index contributed by atoms with van der Waals surface area (Å²) in [5, 5.41) is 0. The molecule has 0 N–H and O–H groups in total. The molecule has 1 aromatic rings. The Hall–Kier alpha value is -1.24. The molecule has 0 saturated carbocycles. The molecule has 0 aliphatic rings. The summed E-state index contributed by atoms with van der Waals surface area (Å²) in [7, 11) is 0. The molecular formula is C15H22O. The van der Waals surface area contributed by atoms with Crippen molar-refractivity contribution in [1.29, 1.82) is 0 Å². The minimum Gasteiger partial charge on any atom is -0.494 e. The van der Waals surface area contributed by atoms with Gasteiger partial charge in [0.2, 0.25) is 0 Å². The van der Waals surface area contributed by atoms with Gasteiger partial charge in [-0.05, 0) is 61.9 Å². The molecule has 1 unspecified atom stereocenters. The standard InChI is InChI=1S/C15H22O/c1-6-11(3)8-15-12(4)9-14(16-7-2)10-13(15)5/h6,9-11H,1,7-8H2,2-5H3. The zero-order valence-corrected chi connectivity index (χ0v) is 10.8. The van der Waals surface area contributed by atoms with Gasteiger partial charge in [0.05, 0.1) is 6.61 Å². The van der Waals surface area contributed by atoms with E-state index in [9.17, 15) is 0 Å². The van der Waals surface area contributed by atoms with Crippen LogP contribution in [0.15, 0.2) is 24.8 Å². The number of rotatable bonds is 5. The second-order valence-corrected chi connectivity index (χ2v) is 4.39. The molecule has 0 heterocycles. The molecule has 1 heteroatoms. The van der Waals surface area contributed by atoms with Crippen LogP contribution in [0.5, 0.6) is 5.75 Å². The number of hydrogen-bond donors (Lipinski definition) is 0. The molecule has 88 valence electrons. The highest BCUT2D eigenvalue weighted by Gasteiger charge is 2.08. The third kappa shape index (κ3) is 3.13. The predicted octanol–water partition coefficient (Wildman–Crippen LogP) is 4.07. The normalized spacial score (nSPS) is 12.2. The Bertz CT molecular complexity index is 343. The quantitative estimate of drug-likeness (QED) is 0.677. The van der Waals surface area contributed by atoms with E-state index < -0.39 is 0 Å². The maximum Gasteiger partial charge on any atom is 0.119 e. The van der Waals surface area contributed by atoms with Crippen molar-refractivity contribution in [2.24, 2.45) is 5.92 Å². The van der Waals surface area contributed by atoms with E-state index in [1.165, 1.54) is 16.7 Å².